The molecule has 0 saturated heterocycles. The molecule has 0 aliphatic heterocycles. The van der Waals surface area contributed by atoms with Gasteiger partial charge in [0, 0.05) is 11.4 Å². The average Bonchev–Trinajstić information content (AvgIpc) is 2.88. The highest BCUT2D eigenvalue weighted by atomic mass is 32.1. The summed E-state index contributed by atoms with van der Waals surface area (Å²) in [4.78, 5) is 36.1. The van der Waals surface area contributed by atoms with E-state index in [-0.39, 0.29) is 19.0 Å². The van der Waals surface area contributed by atoms with Crippen molar-refractivity contribution in [1.82, 2.24) is 10.6 Å². The molecule has 0 fully saturated rings. The molecule has 1 rings (SSSR count). The molecule has 1 heterocycles. The molecule has 116 valence electrons. The Kier molecular flexibility index (Phi) is 5.90. The minimum absolute atomic E-state index is 0.0334. The van der Waals surface area contributed by atoms with Gasteiger partial charge in [-0.1, -0.05) is 6.92 Å². The first-order chi connectivity index (χ1) is 9.78. The molecule has 0 aliphatic carbocycles. The van der Waals surface area contributed by atoms with Crippen LogP contribution in [0.4, 0.5) is 0 Å². The standard InChI is InChI=1S/C14H20N2O4S/c1-4-14(3,13(19)20)8-16-11(17)7-15-12(18)10-6-5-9(2)21-10/h5-6H,4,7-8H2,1-3H3,(H,15,18)(H,16,17)(H,19,20). The Morgan fingerprint density at radius 2 is 1.95 bits per heavy atom. The van der Waals surface area contributed by atoms with Crippen LogP contribution in [-0.2, 0) is 9.59 Å². The molecule has 0 radical (unpaired) electrons. The van der Waals surface area contributed by atoms with Crippen LogP contribution in [-0.4, -0.2) is 36.0 Å². The number of aliphatic carboxylic acids is 1. The highest BCUT2D eigenvalue weighted by Gasteiger charge is 2.31. The number of carboxylic acid groups (broad SMARTS) is 1. The van der Waals surface area contributed by atoms with Crippen LogP contribution in [0.1, 0.15) is 34.8 Å². The maximum atomic E-state index is 11.8. The first kappa shape index (κ1) is 17.2. The summed E-state index contributed by atoms with van der Waals surface area (Å²) in [6.07, 6.45) is 0.406. The molecule has 1 unspecified atom stereocenters. The van der Waals surface area contributed by atoms with E-state index < -0.39 is 17.3 Å². The average molecular weight is 312 g/mol. The fourth-order valence-electron chi connectivity index (χ4n) is 1.51. The van der Waals surface area contributed by atoms with Crippen LogP contribution >= 0.6 is 11.3 Å². The Balaban J connectivity index is 2.41. The van der Waals surface area contributed by atoms with Crippen molar-refractivity contribution in [1.29, 1.82) is 0 Å². The summed E-state index contributed by atoms with van der Waals surface area (Å²) in [7, 11) is 0. The number of nitrogens with one attached hydrogen (secondary N) is 2. The second-order valence-electron chi connectivity index (χ2n) is 5.09. The van der Waals surface area contributed by atoms with E-state index in [2.05, 4.69) is 10.6 Å². The van der Waals surface area contributed by atoms with Gasteiger partial charge in [-0.3, -0.25) is 14.4 Å². The van der Waals surface area contributed by atoms with Crippen LogP contribution < -0.4 is 10.6 Å². The minimum Gasteiger partial charge on any atom is -0.481 e. The van der Waals surface area contributed by atoms with Crippen molar-refractivity contribution in [3.63, 3.8) is 0 Å². The van der Waals surface area contributed by atoms with Crippen LogP contribution in [0.5, 0.6) is 0 Å². The summed E-state index contributed by atoms with van der Waals surface area (Å²) < 4.78 is 0. The van der Waals surface area contributed by atoms with E-state index >= 15 is 0 Å². The molecule has 0 aliphatic rings. The SMILES string of the molecule is CCC(C)(CNC(=O)CNC(=O)c1ccc(C)s1)C(=O)O. The number of hydrogen-bond donors (Lipinski definition) is 3. The van der Waals surface area contributed by atoms with Crippen LogP contribution in [0, 0.1) is 12.3 Å². The smallest absolute Gasteiger partial charge is 0.311 e. The summed E-state index contributed by atoms with van der Waals surface area (Å²) in [6, 6.07) is 3.53. The minimum atomic E-state index is -0.996. The fourth-order valence-corrected chi connectivity index (χ4v) is 2.30. The predicted octanol–water partition coefficient (Wildman–Crippen LogP) is 1.40. The lowest BCUT2D eigenvalue weighted by atomic mass is 9.88. The second-order valence-corrected chi connectivity index (χ2v) is 6.38. The molecule has 2 amide bonds. The Labute approximate surface area is 127 Å². The van der Waals surface area contributed by atoms with Crippen molar-refractivity contribution in [2.24, 2.45) is 5.41 Å². The Hall–Kier alpha value is -1.89. The lowest BCUT2D eigenvalue weighted by Crippen LogP contribution is -2.44. The monoisotopic (exact) mass is 312 g/mol. The molecular formula is C14H20N2O4S. The third kappa shape index (κ3) is 4.86. The lowest BCUT2D eigenvalue weighted by molar-refractivity contribution is -0.148. The van der Waals surface area contributed by atoms with E-state index in [0.717, 1.165) is 4.88 Å². The summed E-state index contributed by atoms with van der Waals surface area (Å²) in [5.74, 6) is -1.67. The van der Waals surface area contributed by atoms with Gasteiger partial charge in [-0.2, -0.15) is 0 Å². The highest BCUT2D eigenvalue weighted by Crippen LogP contribution is 2.19. The van der Waals surface area contributed by atoms with Crippen molar-refractivity contribution in [2.45, 2.75) is 27.2 Å². The molecular weight excluding hydrogens is 292 g/mol. The number of rotatable bonds is 7. The zero-order valence-electron chi connectivity index (χ0n) is 12.4. The largest absolute Gasteiger partial charge is 0.481 e. The zero-order valence-corrected chi connectivity index (χ0v) is 13.2. The first-order valence-electron chi connectivity index (χ1n) is 6.63. The van der Waals surface area contributed by atoms with Crippen molar-refractivity contribution in [2.75, 3.05) is 13.1 Å². The van der Waals surface area contributed by atoms with Gasteiger partial charge in [-0.05, 0) is 32.4 Å². The van der Waals surface area contributed by atoms with Gasteiger partial charge in [0.2, 0.25) is 5.91 Å². The second kappa shape index (κ2) is 7.21. The molecule has 0 spiro atoms. The van der Waals surface area contributed by atoms with Crippen LogP contribution in [0.2, 0.25) is 0 Å². The van der Waals surface area contributed by atoms with E-state index in [0.29, 0.717) is 11.3 Å². The predicted molar refractivity (Wildman–Crippen MR) is 80.4 cm³/mol. The summed E-state index contributed by atoms with van der Waals surface area (Å²) in [5.41, 5.74) is -0.996. The van der Waals surface area contributed by atoms with E-state index in [4.69, 9.17) is 5.11 Å². The molecule has 6 nitrogen and oxygen atoms in total. The molecule has 3 N–H and O–H groups in total. The Morgan fingerprint density at radius 1 is 1.29 bits per heavy atom. The highest BCUT2D eigenvalue weighted by molar-refractivity contribution is 7.13. The summed E-state index contributed by atoms with van der Waals surface area (Å²) in [6.45, 7) is 5.08. The number of carbonyl (C=O) groups is 3. The molecule has 1 aromatic heterocycles. The molecule has 1 aromatic rings. The van der Waals surface area contributed by atoms with Gasteiger partial charge in [0.05, 0.1) is 16.8 Å². The summed E-state index contributed by atoms with van der Waals surface area (Å²) >= 11 is 1.35. The van der Waals surface area contributed by atoms with Crippen LogP contribution in [0.15, 0.2) is 12.1 Å². The molecule has 1 atom stereocenters. The third-order valence-electron chi connectivity index (χ3n) is 3.35. The van der Waals surface area contributed by atoms with Crippen molar-refractivity contribution < 1.29 is 19.5 Å². The lowest BCUT2D eigenvalue weighted by Gasteiger charge is -2.23. The van der Waals surface area contributed by atoms with Gasteiger partial charge in [0.15, 0.2) is 0 Å². The molecule has 7 heteroatoms. The first-order valence-corrected chi connectivity index (χ1v) is 7.45. The molecule has 0 aromatic carbocycles. The van der Waals surface area contributed by atoms with E-state index in [1.54, 1.807) is 19.9 Å². The maximum Gasteiger partial charge on any atom is 0.311 e. The van der Waals surface area contributed by atoms with Gasteiger partial charge in [-0.25, -0.2) is 0 Å². The number of amides is 2. The molecule has 0 bridgehead atoms. The summed E-state index contributed by atoms with van der Waals surface area (Å²) in [5, 5.41) is 14.1. The van der Waals surface area contributed by atoms with Gasteiger partial charge in [0.25, 0.3) is 5.91 Å². The van der Waals surface area contributed by atoms with Gasteiger partial charge in [-0.15, -0.1) is 11.3 Å². The van der Waals surface area contributed by atoms with Crippen LogP contribution in [0.25, 0.3) is 0 Å². The maximum absolute atomic E-state index is 11.8. The van der Waals surface area contributed by atoms with Gasteiger partial charge >= 0.3 is 5.97 Å². The van der Waals surface area contributed by atoms with E-state index in [9.17, 15) is 14.4 Å². The van der Waals surface area contributed by atoms with Gasteiger partial charge < -0.3 is 15.7 Å². The van der Waals surface area contributed by atoms with Gasteiger partial charge in [0.1, 0.15) is 0 Å². The number of hydrogen-bond acceptors (Lipinski definition) is 4. The molecule has 21 heavy (non-hydrogen) atoms. The third-order valence-corrected chi connectivity index (χ3v) is 4.35. The number of aryl methyl sites for hydroxylation is 1. The number of carbonyl (C=O) groups excluding carboxylic acids is 2. The quantitative estimate of drug-likeness (QED) is 0.709. The van der Waals surface area contributed by atoms with Crippen molar-refractivity contribution in [3.8, 4) is 0 Å². The number of thiophene rings is 1. The van der Waals surface area contributed by atoms with Crippen LogP contribution in [0.3, 0.4) is 0 Å². The number of carboxylic acids is 1. The van der Waals surface area contributed by atoms with Crippen molar-refractivity contribution in [3.05, 3.63) is 21.9 Å². The Morgan fingerprint density at radius 3 is 2.43 bits per heavy atom. The zero-order chi connectivity index (χ0) is 16.0. The van der Waals surface area contributed by atoms with E-state index in [1.165, 1.54) is 11.3 Å². The fraction of sp³-hybridized carbons (Fsp3) is 0.500. The topological polar surface area (TPSA) is 95.5 Å². The molecule has 0 saturated carbocycles. The Bertz CT molecular complexity index is 541. The van der Waals surface area contributed by atoms with Crippen molar-refractivity contribution >= 4 is 29.1 Å². The normalized spacial score (nSPS) is 13.3. The van der Waals surface area contributed by atoms with E-state index in [1.807, 2.05) is 13.0 Å².